The topological polar surface area (TPSA) is 66.5 Å². The molecule has 8 heteroatoms. The Morgan fingerprint density at radius 3 is 2.48 bits per heavy atom. The minimum absolute atomic E-state index is 0.0900. The molecule has 0 heterocycles. The molecule has 2 rings (SSSR count). The van der Waals surface area contributed by atoms with Crippen LogP contribution in [-0.2, 0) is 14.8 Å². The van der Waals surface area contributed by atoms with E-state index in [2.05, 4.69) is 21.2 Å². The maximum Gasteiger partial charge on any atom is 0.243 e. The first kappa shape index (κ1) is 19.9. The van der Waals surface area contributed by atoms with Crippen LogP contribution in [0.4, 0.5) is 0 Å². The zero-order valence-corrected chi connectivity index (χ0v) is 16.9. The molecule has 0 aliphatic rings. The van der Waals surface area contributed by atoms with Crippen LogP contribution in [0, 0.1) is 0 Å². The van der Waals surface area contributed by atoms with Crippen LogP contribution in [0.15, 0.2) is 57.9 Å². The number of likely N-dealkylation sites (N-methyl/N-ethyl adjacent to an activating group) is 1. The van der Waals surface area contributed by atoms with E-state index >= 15 is 0 Å². The van der Waals surface area contributed by atoms with Crippen molar-refractivity contribution in [1.29, 1.82) is 0 Å². The van der Waals surface area contributed by atoms with Crippen LogP contribution in [0.5, 0.6) is 0 Å². The van der Waals surface area contributed by atoms with Gasteiger partial charge in [0, 0.05) is 16.5 Å². The molecule has 134 valence electrons. The van der Waals surface area contributed by atoms with E-state index in [4.69, 9.17) is 11.6 Å². The van der Waals surface area contributed by atoms with Crippen molar-refractivity contribution in [2.24, 2.45) is 0 Å². The molecular weight excluding hydrogens is 428 g/mol. The first-order chi connectivity index (χ1) is 11.7. The van der Waals surface area contributed by atoms with Crippen molar-refractivity contribution in [3.8, 4) is 0 Å². The molecule has 25 heavy (non-hydrogen) atoms. The summed E-state index contributed by atoms with van der Waals surface area (Å²) < 4.78 is 26.9. The zero-order chi connectivity index (χ0) is 18.6. The Balaban J connectivity index is 2.03. The summed E-state index contributed by atoms with van der Waals surface area (Å²) in [6.45, 7) is 1.57. The van der Waals surface area contributed by atoms with E-state index in [9.17, 15) is 13.2 Å². The predicted molar refractivity (Wildman–Crippen MR) is 102 cm³/mol. The van der Waals surface area contributed by atoms with E-state index in [1.165, 1.54) is 31.3 Å². The molecule has 2 aromatic rings. The number of amides is 1. The second kappa shape index (κ2) is 8.31. The van der Waals surface area contributed by atoms with Gasteiger partial charge >= 0.3 is 0 Å². The molecule has 0 saturated heterocycles. The van der Waals surface area contributed by atoms with Crippen LogP contribution in [0.3, 0.4) is 0 Å². The number of rotatable bonds is 6. The Labute approximate surface area is 161 Å². The van der Waals surface area contributed by atoms with Crippen molar-refractivity contribution in [3.63, 3.8) is 0 Å². The number of sulfonamides is 1. The van der Waals surface area contributed by atoms with Gasteiger partial charge in [-0.15, -0.1) is 0 Å². The Kier molecular flexibility index (Phi) is 6.62. The fraction of sp³-hybridized carbons (Fsp3) is 0.235. The second-order valence-electron chi connectivity index (χ2n) is 5.56. The smallest absolute Gasteiger partial charge is 0.243 e. The summed E-state index contributed by atoms with van der Waals surface area (Å²) in [7, 11) is -2.38. The van der Waals surface area contributed by atoms with Crippen LogP contribution in [0.2, 0.25) is 5.02 Å². The lowest BCUT2D eigenvalue weighted by Crippen LogP contribution is -2.39. The molecule has 0 fully saturated rings. The summed E-state index contributed by atoms with van der Waals surface area (Å²) in [5.41, 5.74) is 0.922. The molecule has 0 bridgehead atoms. The molecule has 1 unspecified atom stereocenters. The Bertz CT molecular complexity index is 856. The minimum atomic E-state index is -3.75. The Morgan fingerprint density at radius 2 is 1.88 bits per heavy atom. The fourth-order valence-electron chi connectivity index (χ4n) is 2.22. The Hall–Kier alpha value is -1.41. The zero-order valence-electron chi connectivity index (χ0n) is 13.7. The van der Waals surface area contributed by atoms with E-state index in [0.717, 1.165) is 14.3 Å². The molecule has 1 N–H and O–H groups in total. The molecule has 0 spiro atoms. The molecule has 0 aliphatic carbocycles. The molecule has 2 aromatic carbocycles. The van der Waals surface area contributed by atoms with Gasteiger partial charge in [-0.25, -0.2) is 8.42 Å². The molecule has 1 atom stereocenters. The Morgan fingerprint density at radius 1 is 1.24 bits per heavy atom. The normalized spacial score (nSPS) is 12.8. The van der Waals surface area contributed by atoms with Crippen molar-refractivity contribution in [3.05, 3.63) is 63.6 Å². The highest BCUT2D eigenvalue weighted by molar-refractivity contribution is 9.10. The van der Waals surface area contributed by atoms with Gasteiger partial charge in [0.05, 0.1) is 17.5 Å². The summed E-state index contributed by atoms with van der Waals surface area (Å²) in [5.74, 6) is -0.382. The average Bonchev–Trinajstić information content (AvgIpc) is 2.55. The quantitative estimate of drug-likeness (QED) is 0.739. The minimum Gasteiger partial charge on any atom is -0.348 e. The molecule has 0 radical (unpaired) electrons. The number of halogens is 2. The number of carbonyl (C=O) groups excluding carboxylic acids is 1. The third-order valence-electron chi connectivity index (χ3n) is 3.61. The molecule has 5 nitrogen and oxygen atoms in total. The van der Waals surface area contributed by atoms with Crippen molar-refractivity contribution in [2.75, 3.05) is 13.6 Å². The van der Waals surface area contributed by atoms with E-state index < -0.39 is 10.0 Å². The summed E-state index contributed by atoms with van der Waals surface area (Å²) in [4.78, 5) is 12.3. The number of nitrogens with zero attached hydrogens (tertiary/aromatic N) is 1. The molecule has 0 saturated carbocycles. The van der Waals surface area contributed by atoms with Gasteiger partial charge in [-0.2, -0.15) is 4.31 Å². The number of hydrogen-bond donors (Lipinski definition) is 1. The van der Waals surface area contributed by atoms with Gasteiger partial charge in [-0.05, 0) is 48.9 Å². The monoisotopic (exact) mass is 444 g/mol. The van der Waals surface area contributed by atoms with Crippen molar-refractivity contribution in [2.45, 2.75) is 17.9 Å². The first-order valence-electron chi connectivity index (χ1n) is 7.47. The van der Waals surface area contributed by atoms with Gasteiger partial charge in [0.1, 0.15) is 0 Å². The third-order valence-corrected chi connectivity index (χ3v) is 6.18. The van der Waals surface area contributed by atoms with Crippen molar-refractivity contribution in [1.82, 2.24) is 9.62 Å². The predicted octanol–water partition coefficient (Wildman–Crippen LogP) is 3.60. The summed E-state index contributed by atoms with van der Waals surface area (Å²) >= 11 is 9.16. The standard InChI is InChI=1S/C17H18BrClN2O3S/c1-12(13-4-3-5-14(18)10-13)20-17(22)11-21(2)25(23,24)16-8-6-15(19)7-9-16/h3-10,12H,11H2,1-2H3,(H,20,22). The van der Waals surface area contributed by atoms with Gasteiger partial charge in [-0.1, -0.05) is 39.7 Å². The summed E-state index contributed by atoms with van der Waals surface area (Å²) in [5, 5.41) is 3.25. The van der Waals surface area contributed by atoms with Crippen LogP contribution < -0.4 is 5.32 Å². The molecule has 0 aromatic heterocycles. The number of nitrogens with one attached hydrogen (secondary N) is 1. The van der Waals surface area contributed by atoms with E-state index in [1.807, 2.05) is 31.2 Å². The largest absolute Gasteiger partial charge is 0.348 e. The van der Waals surface area contributed by atoms with Gasteiger partial charge in [0.25, 0.3) is 0 Å². The van der Waals surface area contributed by atoms with Crippen LogP contribution in [-0.4, -0.2) is 32.2 Å². The van der Waals surface area contributed by atoms with Gasteiger partial charge in [-0.3, -0.25) is 4.79 Å². The lowest BCUT2D eigenvalue weighted by molar-refractivity contribution is -0.121. The van der Waals surface area contributed by atoms with Crippen LogP contribution >= 0.6 is 27.5 Å². The molecule has 0 aliphatic heterocycles. The number of benzene rings is 2. The summed E-state index contributed by atoms with van der Waals surface area (Å²) in [6.07, 6.45) is 0. The van der Waals surface area contributed by atoms with Crippen molar-refractivity contribution >= 4 is 43.5 Å². The van der Waals surface area contributed by atoms with Crippen molar-refractivity contribution < 1.29 is 13.2 Å². The second-order valence-corrected chi connectivity index (χ2v) is 8.96. The fourth-order valence-corrected chi connectivity index (χ4v) is 3.89. The SMILES string of the molecule is CC(NC(=O)CN(C)S(=O)(=O)c1ccc(Cl)cc1)c1cccc(Br)c1. The van der Waals surface area contributed by atoms with E-state index in [1.54, 1.807) is 0 Å². The molecular formula is C17H18BrClN2O3S. The lowest BCUT2D eigenvalue weighted by Gasteiger charge is -2.19. The number of carbonyl (C=O) groups is 1. The third kappa shape index (κ3) is 5.28. The molecule has 1 amide bonds. The van der Waals surface area contributed by atoms with Crippen LogP contribution in [0.1, 0.15) is 18.5 Å². The highest BCUT2D eigenvalue weighted by Gasteiger charge is 2.23. The van der Waals surface area contributed by atoms with Gasteiger partial charge < -0.3 is 5.32 Å². The maximum atomic E-state index is 12.5. The van der Waals surface area contributed by atoms with E-state index in [0.29, 0.717) is 5.02 Å². The van der Waals surface area contributed by atoms with Gasteiger partial charge in [0.15, 0.2) is 0 Å². The van der Waals surface area contributed by atoms with Gasteiger partial charge in [0.2, 0.25) is 15.9 Å². The maximum absolute atomic E-state index is 12.5. The average molecular weight is 446 g/mol. The lowest BCUT2D eigenvalue weighted by atomic mass is 10.1. The van der Waals surface area contributed by atoms with Crippen LogP contribution in [0.25, 0.3) is 0 Å². The highest BCUT2D eigenvalue weighted by Crippen LogP contribution is 2.19. The first-order valence-corrected chi connectivity index (χ1v) is 10.1. The number of hydrogen-bond acceptors (Lipinski definition) is 3. The van der Waals surface area contributed by atoms with E-state index in [-0.39, 0.29) is 23.4 Å². The highest BCUT2D eigenvalue weighted by atomic mass is 79.9. The summed E-state index contributed by atoms with van der Waals surface area (Å²) in [6, 6.07) is 13.1.